The third-order valence-electron chi connectivity index (χ3n) is 3.63. The predicted octanol–water partition coefficient (Wildman–Crippen LogP) is 1.88. The fourth-order valence-electron chi connectivity index (χ4n) is 2.79. The number of oxime groups is 1. The van der Waals surface area contributed by atoms with Crippen LogP contribution in [0.3, 0.4) is 0 Å². The Balaban J connectivity index is 2.38. The average Bonchev–Trinajstić information content (AvgIpc) is 2.23. The van der Waals surface area contributed by atoms with Gasteiger partial charge in [-0.3, -0.25) is 0 Å². The third kappa shape index (κ3) is 4.00. The van der Waals surface area contributed by atoms with Crippen molar-refractivity contribution in [2.75, 3.05) is 13.6 Å². The van der Waals surface area contributed by atoms with Gasteiger partial charge in [0.05, 0.1) is 0 Å². The molecule has 2 atom stereocenters. The van der Waals surface area contributed by atoms with Gasteiger partial charge in [-0.05, 0) is 38.1 Å². The fraction of sp³-hybridized carbons (Fsp3) is 0.917. The van der Waals surface area contributed by atoms with E-state index in [1.54, 1.807) is 0 Å². The molecule has 2 unspecified atom stereocenters. The molecule has 1 rings (SSSR count). The van der Waals surface area contributed by atoms with Crippen LogP contribution >= 0.6 is 0 Å². The number of amidine groups is 1. The largest absolute Gasteiger partial charge is 0.409 e. The van der Waals surface area contributed by atoms with Crippen LogP contribution in [-0.4, -0.2) is 35.6 Å². The molecule has 3 N–H and O–H groups in total. The van der Waals surface area contributed by atoms with Gasteiger partial charge in [0, 0.05) is 19.0 Å². The standard InChI is InChI=1S/C12H25N3O/c1-9-6-10(2)8-11(7-9)15(3)5-4-12(13)14-16/h9-11,16H,4-8H2,1-3H3,(H2,13,14). The molecule has 0 amide bonds. The van der Waals surface area contributed by atoms with Crippen molar-refractivity contribution in [3.05, 3.63) is 0 Å². The minimum absolute atomic E-state index is 0.323. The Bertz CT molecular complexity index is 232. The molecule has 0 aromatic carbocycles. The third-order valence-corrected chi connectivity index (χ3v) is 3.63. The molecule has 0 saturated heterocycles. The first-order valence-electron chi connectivity index (χ1n) is 6.19. The molecule has 16 heavy (non-hydrogen) atoms. The second-order valence-corrected chi connectivity index (χ2v) is 5.39. The topological polar surface area (TPSA) is 61.8 Å². The average molecular weight is 227 g/mol. The van der Waals surface area contributed by atoms with Gasteiger partial charge < -0.3 is 15.8 Å². The lowest BCUT2D eigenvalue weighted by molar-refractivity contribution is 0.136. The summed E-state index contributed by atoms with van der Waals surface area (Å²) in [6, 6.07) is 0.658. The van der Waals surface area contributed by atoms with Gasteiger partial charge in [-0.2, -0.15) is 0 Å². The highest BCUT2D eigenvalue weighted by atomic mass is 16.4. The first kappa shape index (κ1) is 13.3. The molecule has 1 aliphatic carbocycles. The summed E-state index contributed by atoms with van der Waals surface area (Å²) in [6.45, 7) is 5.54. The minimum atomic E-state index is 0.323. The number of rotatable bonds is 4. The first-order chi connectivity index (χ1) is 7.52. The van der Waals surface area contributed by atoms with E-state index in [4.69, 9.17) is 10.9 Å². The van der Waals surface area contributed by atoms with Gasteiger partial charge >= 0.3 is 0 Å². The molecular formula is C12H25N3O. The zero-order valence-corrected chi connectivity index (χ0v) is 10.7. The lowest BCUT2D eigenvalue weighted by atomic mass is 9.80. The fourth-order valence-corrected chi connectivity index (χ4v) is 2.79. The maximum absolute atomic E-state index is 8.49. The molecule has 0 bridgehead atoms. The van der Waals surface area contributed by atoms with Crippen LogP contribution in [0.2, 0.25) is 0 Å². The maximum Gasteiger partial charge on any atom is 0.140 e. The van der Waals surface area contributed by atoms with Crippen molar-refractivity contribution >= 4 is 5.84 Å². The summed E-state index contributed by atoms with van der Waals surface area (Å²) in [4.78, 5) is 2.35. The number of hydrogen-bond acceptors (Lipinski definition) is 3. The minimum Gasteiger partial charge on any atom is -0.409 e. The molecule has 0 aliphatic heterocycles. The van der Waals surface area contributed by atoms with E-state index in [0.717, 1.165) is 18.4 Å². The van der Waals surface area contributed by atoms with Gasteiger partial charge in [0.25, 0.3) is 0 Å². The van der Waals surface area contributed by atoms with Crippen LogP contribution in [0.15, 0.2) is 5.16 Å². The van der Waals surface area contributed by atoms with Crippen LogP contribution in [0.4, 0.5) is 0 Å². The molecule has 94 valence electrons. The van der Waals surface area contributed by atoms with Gasteiger partial charge in [0.1, 0.15) is 5.84 Å². The molecule has 0 aromatic rings. The van der Waals surface area contributed by atoms with Crippen molar-refractivity contribution in [3.63, 3.8) is 0 Å². The van der Waals surface area contributed by atoms with Crippen LogP contribution in [0.1, 0.15) is 39.5 Å². The van der Waals surface area contributed by atoms with Crippen molar-refractivity contribution in [1.29, 1.82) is 0 Å². The van der Waals surface area contributed by atoms with Crippen LogP contribution in [-0.2, 0) is 0 Å². The monoisotopic (exact) mass is 227 g/mol. The molecule has 1 saturated carbocycles. The predicted molar refractivity (Wildman–Crippen MR) is 66.6 cm³/mol. The van der Waals surface area contributed by atoms with Crippen molar-refractivity contribution in [2.45, 2.75) is 45.6 Å². The summed E-state index contributed by atoms with van der Waals surface area (Å²) < 4.78 is 0. The summed E-state index contributed by atoms with van der Waals surface area (Å²) in [6.07, 6.45) is 4.55. The second-order valence-electron chi connectivity index (χ2n) is 5.39. The zero-order chi connectivity index (χ0) is 12.1. The highest BCUT2D eigenvalue weighted by Gasteiger charge is 2.26. The highest BCUT2D eigenvalue weighted by Crippen LogP contribution is 2.30. The Kier molecular flexibility index (Phi) is 5.06. The summed E-state index contributed by atoms with van der Waals surface area (Å²) in [5.74, 6) is 1.96. The van der Waals surface area contributed by atoms with E-state index < -0.39 is 0 Å². The molecule has 0 radical (unpaired) electrons. The summed E-state index contributed by atoms with van der Waals surface area (Å²) in [7, 11) is 2.14. The molecule has 4 nitrogen and oxygen atoms in total. The summed E-state index contributed by atoms with van der Waals surface area (Å²) in [5.41, 5.74) is 5.48. The normalized spacial score (nSPS) is 32.0. The molecule has 1 fully saturated rings. The van der Waals surface area contributed by atoms with E-state index in [1.165, 1.54) is 19.3 Å². The van der Waals surface area contributed by atoms with Crippen molar-refractivity contribution < 1.29 is 5.21 Å². The molecule has 0 heterocycles. The number of nitrogens with two attached hydrogens (primary N) is 1. The van der Waals surface area contributed by atoms with Crippen molar-refractivity contribution in [3.8, 4) is 0 Å². The first-order valence-corrected chi connectivity index (χ1v) is 6.19. The van der Waals surface area contributed by atoms with Gasteiger partial charge in [-0.1, -0.05) is 19.0 Å². The quantitative estimate of drug-likeness (QED) is 0.333. The van der Waals surface area contributed by atoms with E-state index >= 15 is 0 Å². The molecule has 0 spiro atoms. The summed E-state index contributed by atoms with van der Waals surface area (Å²) in [5, 5.41) is 11.5. The van der Waals surface area contributed by atoms with E-state index in [2.05, 4.69) is 31.0 Å². The zero-order valence-electron chi connectivity index (χ0n) is 10.7. The highest BCUT2D eigenvalue weighted by molar-refractivity contribution is 5.79. The molecule has 0 aromatic heterocycles. The Morgan fingerprint density at radius 1 is 1.31 bits per heavy atom. The van der Waals surface area contributed by atoms with E-state index in [0.29, 0.717) is 18.3 Å². The van der Waals surface area contributed by atoms with Crippen molar-refractivity contribution in [2.24, 2.45) is 22.7 Å². The Labute approximate surface area is 98.5 Å². The van der Waals surface area contributed by atoms with Gasteiger partial charge in [-0.15, -0.1) is 0 Å². The Morgan fingerprint density at radius 3 is 2.38 bits per heavy atom. The number of hydrogen-bond donors (Lipinski definition) is 2. The van der Waals surface area contributed by atoms with E-state index in [9.17, 15) is 0 Å². The van der Waals surface area contributed by atoms with Crippen LogP contribution in [0.5, 0.6) is 0 Å². The maximum atomic E-state index is 8.49. The lowest BCUT2D eigenvalue weighted by Gasteiger charge is -2.37. The lowest BCUT2D eigenvalue weighted by Crippen LogP contribution is -2.39. The molecule has 4 heteroatoms. The van der Waals surface area contributed by atoms with Crippen molar-refractivity contribution in [1.82, 2.24) is 4.90 Å². The molecular weight excluding hydrogens is 202 g/mol. The van der Waals surface area contributed by atoms with Crippen LogP contribution in [0.25, 0.3) is 0 Å². The van der Waals surface area contributed by atoms with Crippen LogP contribution < -0.4 is 5.73 Å². The summed E-state index contributed by atoms with van der Waals surface area (Å²) >= 11 is 0. The Morgan fingerprint density at radius 2 is 1.88 bits per heavy atom. The van der Waals surface area contributed by atoms with E-state index in [1.807, 2.05) is 0 Å². The SMILES string of the molecule is CC1CC(C)CC(N(C)CCC(N)=NO)C1. The number of nitrogens with zero attached hydrogens (tertiary/aromatic N) is 2. The van der Waals surface area contributed by atoms with Gasteiger partial charge in [0.15, 0.2) is 0 Å². The van der Waals surface area contributed by atoms with Crippen LogP contribution in [0, 0.1) is 11.8 Å². The van der Waals surface area contributed by atoms with Gasteiger partial charge in [-0.25, -0.2) is 0 Å². The smallest absolute Gasteiger partial charge is 0.140 e. The van der Waals surface area contributed by atoms with E-state index in [-0.39, 0.29) is 0 Å². The second kappa shape index (κ2) is 6.09. The van der Waals surface area contributed by atoms with Gasteiger partial charge in [0.2, 0.25) is 0 Å². The Hall–Kier alpha value is -0.770. The molecule has 1 aliphatic rings.